The fourth-order valence-corrected chi connectivity index (χ4v) is 3.56. The third kappa shape index (κ3) is 6.71. The number of imide groups is 1. The van der Waals surface area contributed by atoms with Crippen molar-refractivity contribution in [2.45, 2.75) is 6.54 Å². The molecule has 8 nitrogen and oxygen atoms in total. The summed E-state index contributed by atoms with van der Waals surface area (Å²) < 4.78 is 5.32. The van der Waals surface area contributed by atoms with E-state index in [4.69, 9.17) is 16.0 Å². The molecular weight excluding hydrogens is 490 g/mol. The van der Waals surface area contributed by atoms with Crippen molar-refractivity contribution in [2.24, 2.45) is 5.10 Å². The fraction of sp³-hybridized carbons (Fsp3) is 0.0714. The Morgan fingerprint density at radius 3 is 2.51 bits per heavy atom. The van der Waals surface area contributed by atoms with E-state index in [9.17, 15) is 9.59 Å². The molecule has 2 heterocycles. The molecule has 4 rings (SSSR count). The number of furan rings is 1. The van der Waals surface area contributed by atoms with Gasteiger partial charge in [-0.25, -0.2) is 14.7 Å². The van der Waals surface area contributed by atoms with Gasteiger partial charge in [-0.3, -0.25) is 9.80 Å². The van der Waals surface area contributed by atoms with Gasteiger partial charge in [-0.1, -0.05) is 42.5 Å². The number of amides is 3. The molecule has 0 unspecified atom stereocenters. The van der Waals surface area contributed by atoms with Gasteiger partial charge in [-0.05, 0) is 65.7 Å². The number of hydrazone groups is 1. The normalized spacial score (nSPS) is 10.8. The maximum Gasteiger partial charge on any atom is 0.334 e. The summed E-state index contributed by atoms with van der Waals surface area (Å²) >= 11 is 6.07. The summed E-state index contributed by atoms with van der Waals surface area (Å²) in [5, 5.41) is 9.28. The van der Waals surface area contributed by atoms with Crippen LogP contribution in [0.3, 0.4) is 0 Å². The largest absolute Gasteiger partial charge is 0.467 e. The number of anilines is 2. The molecule has 37 heavy (non-hydrogen) atoms. The first-order valence-corrected chi connectivity index (χ1v) is 11.7. The lowest BCUT2D eigenvalue weighted by molar-refractivity contribution is 0.0995. The number of benzene rings is 2. The predicted octanol–water partition coefficient (Wildman–Crippen LogP) is 6.32. The molecule has 0 bridgehead atoms. The van der Waals surface area contributed by atoms with E-state index in [2.05, 4.69) is 22.0 Å². The summed E-state index contributed by atoms with van der Waals surface area (Å²) in [4.78, 5) is 31.8. The second-order valence-electron chi connectivity index (χ2n) is 8.00. The Bertz CT molecular complexity index is 1400. The molecule has 4 aromatic rings. The van der Waals surface area contributed by atoms with Gasteiger partial charge < -0.3 is 9.73 Å². The summed E-state index contributed by atoms with van der Waals surface area (Å²) in [6.07, 6.45) is 6.48. The molecule has 1 N–H and O–H groups in total. The van der Waals surface area contributed by atoms with Crippen molar-refractivity contribution in [1.82, 2.24) is 9.99 Å². The first-order valence-electron chi connectivity index (χ1n) is 11.3. The minimum atomic E-state index is -0.663. The number of hydrogen-bond acceptors (Lipinski definition) is 6. The zero-order valence-corrected chi connectivity index (χ0v) is 20.8. The second kappa shape index (κ2) is 11.8. The van der Waals surface area contributed by atoms with E-state index in [1.165, 1.54) is 12.3 Å². The summed E-state index contributed by atoms with van der Waals surface area (Å²) in [5.41, 5.74) is 2.34. The molecule has 2 aromatic heterocycles. The number of pyridine rings is 1. The van der Waals surface area contributed by atoms with Crippen LogP contribution in [0.15, 0.2) is 101 Å². The Morgan fingerprint density at radius 2 is 1.86 bits per heavy atom. The molecule has 2 aromatic carbocycles. The van der Waals surface area contributed by atoms with Gasteiger partial charge in [-0.2, -0.15) is 5.10 Å². The van der Waals surface area contributed by atoms with Crippen LogP contribution < -0.4 is 10.2 Å². The topological polar surface area (TPSA) is 91.0 Å². The van der Waals surface area contributed by atoms with Crippen LogP contribution in [0.4, 0.5) is 16.3 Å². The van der Waals surface area contributed by atoms with E-state index in [-0.39, 0.29) is 11.4 Å². The van der Waals surface area contributed by atoms with E-state index in [0.29, 0.717) is 17.3 Å². The van der Waals surface area contributed by atoms with Crippen LogP contribution in [0.1, 0.15) is 27.2 Å². The lowest BCUT2D eigenvalue weighted by Gasteiger charge is -2.21. The molecule has 0 aliphatic heterocycles. The highest BCUT2D eigenvalue weighted by Gasteiger charge is 2.26. The summed E-state index contributed by atoms with van der Waals surface area (Å²) in [7, 11) is 1.84. The standard InChI is InChI=1S/C28H24ClN5O3/c1-3-20-11-14-26(30-17-20)34(27(35)22-6-4-7-23(29)16-22)28(36)32-24-12-9-21(10-13-24)18-31-33(2)19-25-8-5-15-37-25/h3-18H,1,19H2,2H3,(H,32,36). The highest BCUT2D eigenvalue weighted by molar-refractivity contribution is 6.31. The monoisotopic (exact) mass is 513 g/mol. The van der Waals surface area contributed by atoms with Crippen molar-refractivity contribution in [3.05, 3.63) is 119 Å². The molecule has 0 saturated heterocycles. The van der Waals surface area contributed by atoms with Gasteiger partial charge in [0.1, 0.15) is 11.6 Å². The minimum absolute atomic E-state index is 0.163. The second-order valence-corrected chi connectivity index (χ2v) is 8.43. The molecule has 0 radical (unpaired) electrons. The van der Waals surface area contributed by atoms with Crippen LogP contribution >= 0.6 is 11.6 Å². The number of halogens is 1. The molecule has 0 aliphatic rings. The third-order valence-electron chi connectivity index (χ3n) is 5.24. The number of nitrogens with zero attached hydrogens (tertiary/aromatic N) is 4. The number of aromatic nitrogens is 1. The smallest absolute Gasteiger partial charge is 0.334 e. The summed E-state index contributed by atoms with van der Waals surface area (Å²) in [5.74, 6) is 0.404. The number of urea groups is 1. The van der Waals surface area contributed by atoms with Crippen LogP contribution in [0, 0.1) is 0 Å². The average Bonchev–Trinajstić information content (AvgIpc) is 3.42. The van der Waals surface area contributed by atoms with Crippen molar-refractivity contribution < 1.29 is 14.0 Å². The van der Waals surface area contributed by atoms with Crippen LogP contribution in [0.25, 0.3) is 6.08 Å². The molecule has 0 aliphatic carbocycles. The zero-order valence-electron chi connectivity index (χ0n) is 20.0. The quantitative estimate of drug-likeness (QED) is 0.220. The number of carbonyl (C=O) groups excluding carboxylic acids is 2. The molecule has 186 valence electrons. The van der Waals surface area contributed by atoms with E-state index >= 15 is 0 Å². The first kappa shape index (κ1) is 25.4. The zero-order chi connectivity index (χ0) is 26.2. The molecule has 0 saturated carbocycles. The highest BCUT2D eigenvalue weighted by atomic mass is 35.5. The molecule has 0 atom stereocenters. The summed E-state index contributed by atoms with van der Waals surface area (Å²) in [6.45, 7) is 4.24. The number of rotatable bonds is 8. The third-order valence-corrected chi connectivity index (χ3v) is 5.48. The van der Waals surface area contributed by atoms with Crippen molar-refractivity contribution in [3.63, 3.8) is 0 Å². The van der Waals surface area contributed by atoms with E-state index < -0.39 is 11.9 Å². The van der Waals surface area contributed by atoms with Gasteiger partial charge in [0.05, 0.1) is 19.0 Å². The van der Waals surface area contributed by atoms with Crippen LogP contribution in [0.5, 0.6) is 0 Å². The SMILES string of the molecule is C=Cc1ccc(N(C(=O)Nc2ccc(C=NN(C)Cc3ccco3)cc2)C(=O)c2cccc(Cl)c2)nc1. The Labute approximate surface area is 219 Å². The molecule has 0 spiro atoms. The average molecular weight is 514 g/mol. The van der Waals surface area contributed by atoms with Crippen molar-refractivity contribution in [1.29, 1.82) is 0 Å². The van der Waals surface area contributed by atoms with Crippen molar-refractivity contribution in [3.8, 4) is 0 Å². The van der Waals surface area contributed by atoms with Gasteiger partial charge >= 0.3 is 6.03 Å². The maximum absolute atomic E-state index is 13.3. The van der Waals surface area contributed by atoms with Crippen LogP contribution in [-0.4, -0.2) is 35.2 Å². The molecule has 0 fully saturated rings. The Morgan fingerprint density at radius 1 is 1.08 bits per heavy atom. The lowest BCUT2D eigenvalue weighted by Crippen LogP contribution is -2.40. The van der Waals surface area contributed by atoms with Gasteiger partial charge in [0, 0.05) is 29.5 Å². The van der Waals surface area contributed by atoms with Crippen molar-refractivity contribution in [2.75, 3.05) is 17.3 Å². The highest BCUT2D eigenvalue weighted by Crippen LogP contribution is 2.20. The fourth-order valence-electron chi connectivity index (χ4n) is 3.37. The van der Waals surface area contributed by atoms with Gasteiger partial charge in [0.2, 0.25) is 0 Å². The Balaban J connectivity index is 1.50. The maximum atomic E-state index is 13.3. The minimum Gasteiger partial charge on any atom is -0.467 e. The van der Waals surface area contributed by atoms with Crippen LogP contribution in [0.2, 0.25) is 5.02 Å². The Kier molecular flexibility index (Phi) is 8.12. The van der Waals surface area contributed by atoms with Crippen molar-refractivity contribution >= 4 is 47.3 Å². The molecule has 9 heteroatoms. The van der Waals surface area contributed by atoms with Gasteiger partial charge in [0.15, 0.2) is 0 Å². The van der Waals surface area contributed by atoms with E-state index in [1.54, 1.807) is 78.2 Å². The first-order chi connectivity index (χ1) is 17.9. The van der Waals surface area contributed by atoms with E-state index in [1.807, 2.05) is 19.2 Å². The number of nitrogens with one attached hydrogen (secondary N) is 1. The number of hydrogen-bond donors (Lipinski definition) is 1. The van der Waals surface area contributed by atoms with Crippen LogP contribution in [-0.2, 0) is 6.54 Å². The molecule has 3 amide bonds. The van der Waals surface area contributed by atoms with Gasteiger partial charge in [-0.15, -0.1) is 0 Å². The van der Waals surface area contributed by atoms with E-state index in [0.717, 1.165) is 21.8 Å². The number of carbonyl (C=O) groups is 2. The lowest BCUT2D eigenvalue weighted by atomic mass is 10.2. The Hall–Kier alpha value is -4.69. The molecular formula is C28H24ClN5O3. The predicted molar refractivity (Wildman–Crippen MR) is 146 cm³/mol. The van der Waals surface area contributed by atoms with Gasteiger partial charge in [0.25, 0.3) is 5.91 Å². The summed E-state index contributed by atoms with van der Waals surface area (Å²) in [6, 6.07) is 19.8.